The van der Waals surface area contributed by atoms with Crippen LogP contribution < -0.4 is 5.14 Å². The Morgan fingerprint density at radius 3 is 2.80 bits per heavy atom. The Labute approximate surface area is 91.0 Å². The third kappa shape index (κ3) is 5.46. The molecule has 15 heavy (non-hydrogen) atoms. The maximum Gasteiger partial charge on any atom is 0.209 e. The summed E-state index contributed by atoms with van der Waals surface area (Å²) in [5, 5.41) is 4.99. The zero-order chi connectivity index (χ0) is 11.3. The summed E-state index contributed by atoms with van der Waals surface area (Å²) < 4.78 is 32.5. The zero-order valence-corrected chi connectivity index (χ0v) is 9.83. The summed E-state index contributed by atoms with van der Waals surface area (Å²) >= 11 is 0. The molecule has 2 atom stereocenters. The van der Waals surface area contributed by atoms with Crippen molar-refractivity contribution in [3.63, 3.8) is 0 Å². The fourth-order valence-electron chi connectivity index (χ4n) is 1.53. The minimum atomic E-state index is -3.39. The van der Waals surface area contributed by atoms with Gasteiger partial charge in [0.2, 0.25) is 10.0 Å². The van der Waals surface area contributed by atoms with Gasteiger partial charge in [-0.25, -0.2) is 13.6 Å². The average molecular weight is 237 g/mol. The van der Waals surface area contributed by atoms with Gasteiger partial charge >= 0.3 is 0 Å². The quantitative estimate of drug-likeness (QED) is 0.711. The van der Waals surface area contributed by atoms with Crippen LogP contribution >= 0.6 is 0 Å². The van der Waals surface area contributed by atoms with Crippen molar-refractivity contribution < 1.29 is 17.9 Å². The molecule has 0 amide bonds. The molecule has 0 aromatic carbocycles. The molecule has 1 aliphatic rings. The third-order valence-corrected chi connectivity index (χ3v) is 3.44. The number of rotatable bonds is 6. The first-order valence-electron chi connectivity index (χ1n) is 5.21. The second-order valence-electron chi connectivity index (χ2n) is 3.92. The van der Waals surface area contributed by atoms with Gasteiger partial charge < -0.3 is 9.47 Å². The summed E-state index contributed by atoms with van der Waals surface area (Å²) in [5.74, 6) is -0.0162. The van der Waals surface area contributed by atoms with Crippen LogP contribution in [0.5, 0.6) is 0 Å². The lowest BCUT2D eigenvalue weighted by Gasteiger charge is -2.16. The van der Waals surface area contributed by atoms with Gasteiger partial charge in [-0.15, -0.1) is 0 Å². The fourth-order valence-corrected chi connectivity index (χ4v) is 2.52. The van der Waals surface area contributed by atoms with Gasteiger partial charge in [-0.05, 0) is 12.3 Å². The maximum atomic E-state index is 10.9. The van der Waals surface area contributed by atoms with Crippen LogP contribution in [0.2, 0.25) is 0 Å². The molecule has 0 aromatic rings. The molecule has 2 N–H and O–H groups in total. The number of primary sulfonamides is 1. The molecule has 2 unspecified atom stereocenters. The third-order valence-electron chi connectivity index (χ3n) is 2.50. The summed E-state index contributed by atoms with van der Waals surface area (Å²) in [6.07, 6.45) is 1.77. The second-order valence-corrected chi connectivity index (χ2v) is 5.58. The molecule has 0 bridgehead atoms. The molecule has 1 rings (SSSR count). The zero-order valence-electron chi connectivity index (χ0n) is 9.02. The molecule has 90 valence electrons. The van der Waals surface area contributed by atoms with Gasteiger partial charge in [0.05, 0.1) is 25.1 Å². The number of hydrogen-bond acceptors (Lipinski definition) is 4. The van der Waals surface area contributed by atoms with Crippen molar-refractivity contribution >= 4 is 10.0 Å². The van der Waals surface area contributed by atoms with Gasteiger partial charge in [0.1, 0.15) is 0 Å². The van der Waals surface area contributed by atoms with Gasteiger partial charge in [-0.1, -0.05) is 13.3 Å². The second kappa shape index (κ2) is 5.79. The van der Waals surface area contributed by atoms with E-state index in [-0.39, 0.29) is 17.8 Å². The van der Waals surface area contributed by atoms with Crippen LogP contribution in [-0.4, -0.2) is 40.1 Å². The monoisotopic (exact) mass is 237 g/mol. The van der Waals surface area contributed by atoms with E-state index in [0.29, 0.717) is 13.2 Å². The number of nitrogens with two attached hydrogens (primary N) is 1. The Bertz CT molecular complexity index is 272. The predicted molar refractivity (Wildman–Crippen MR) is 56.9 cm³/mol. The largest absolute Gasteiger partial charge is 0.379 e. The fraction of sp³-hybridized carbons (Fsp3) is 1.00. The topological polar surface area (TPSA) is 78.6 Å². The lowest BCUT2D eigenvalue weighted by atomic mass is 10.1. The van der Waals surface area contributed by atoms with E-state index in [0.717, 1.165) is 19.4 Å². The van der Waals surface area contributed by atoms with E-state index >= 15 is 0 Å². The van der Waals surface area contributed by atoms with Crippen molar-refractivity contribution in [3.05, 3.63) is 0 Å². The van der Waals surface area contributed by atoms with Crippen LogP contribution in [0.3, 0.4) is 0 Å². The molecule has 6 heteroatoms. The van der Waals surface area contributed by atoms with E-state index in [1.807, 2.05) is 6.92 Å². The molecule has 1 heterocycles. The van der Waals surface area contributed by atoms with E-state index in [9.17, 15) is 8.42 Å². The van der Waals surface area contributed by atoms with Gasteiger partial charge in [0.15, 0.2) is 0 Å². The highest BCUT2D eigenvalue weighted by Crippen LogP contribution is 2.12. The highest BCUT2D eigenvalue weighted by atomic mass is 32.2. The highest BCUT2D eigenvalue weighted by Gasteiger charge is 2.20. The molecular weight excluding hydrogens is 218 g/mol. The maximum absolute atomic E-state index is 10.9. The molecule has 1 aliphatic heterocycles. The van der Waals surface area contributed by atoms with E-state index in [1.54, 1.807) is 0 Å². The molecule has 5 nitrogen and oxygen atoms in total. The van der Waals surface area contributed by atoms with Crippen molar-refractivity contribution in [1.29, 1.82) is 0 Å². The predicted octanol–water partition coefficient (Wildman–Crippen LogP) is 0.107. The van der Waals surface area contributed by atoms with Crippen molar-refractivity contribution in [2.75, 3.05) is 25.6 Å². The van der Waals surface area contributed by atoms with Crippen molar-refractivity contribution in [1.82, 2.24) is 0 Å². The van der Waals surface area contributed by atoms with E-state index in [1.165, 1.54) is 0 Å². The van der Waals surface area contributed by atoms with Crippen molar-refractivity contribution in [3.8, 4) is 0 Å². The first-order chi connectivity index (χ1) is 7.01. The lowest BCUT2D eigenvalue weighted by molar-refractivity contribution is 0.0250. The molecule has 1 fully saturated rings. The number of sulfonamides is 1. The van der Waals surface area contributed by atoms with Crippen LogP contribution in [0.15, 0.2) is 0 Å². The molecule has 0 spiro atoms. The Morgan fingerprint density at radius 1 is 1.60 bits per heavy atom. The molecule has 0 aromatic heterocycles. The summed E-state index contributed by atoms with van der Waals surface area (Å²) in [6, 6.07) is 0. The van der Waals surface area contributed by atoms with Crippen LogP contribution in [-0.2, 0) is 19.5 Å². The number of ether oxygens (including phenoxy) is 2. The van der Waals surface area contributed by atoms with Crippen molar-refractivity contribution in [2.24, 2.45) is 11.1 Å². The highest BCUT2D eigenvalue weighted by molar-refractivity contribution is 7.89. The van der Waals surface area contributed by atoms with E-state index < -0.39 is 10.0 Å². The van der Waals surface area contributed by atoms with Gasteiger partial charge in [-0.2, -0.15) is 0 Å². The molecule has 1 saturated heterocycles. The first kappa shape index (κ1) is 12.9. The molecule has 0 aliphatic carbocycles. The Morgan fingerprint density at radius 2 is 2.33 bits per heavy atom. The Kier molecular flexibility index (Phi) is 4.98. The van der Waals surface area contributed by atoms with Crippen LogP contribution in [0.25, 0.3) is 0 Å². The Hall–Kier alpha value is -0.170. The van der Waals surface area contributed by atoms with Crippen LogP contribution in [0.1, 0.15) is 19.8 Å². The lowest BCUT2D eigenvalue weighted by Crippen LogP contribution is -2.27. The van der Waals surface area contributed by atoms with Crippen LogP contribution in [0, 0.1) is 5.92 Å². The van der Waals surface area contributed by atoms with Crippen LogP contribution in [0.4, 0.5) is 0 Å². The normalized spacial score (nSPS) is 24.3. The average Bonchev–Trinajstić information content (AvgIpc) is 2.62. The van der Waals surface area contributed by atoms with Gasteiger partial charge in [-0.3, -0.25) is 0 Å². The number of hydrogen-bond donors (Lipinski definition) is 1. The minimum Gasteiger partial charge on any atom is -0.379 e. The summed E-state index contributed by atoms with van der Waals surface area (Å²) in [7, 11) is -3.39. The summed E-state index contributed by atoms with van der Waals surface area (Å²) in [6.45, 7) is 3.73. The molecular formula is C9H19NO4S. The molecule has 0 radical (unpaired) electrons. The summed E-state index contributed by atoms with van der Waals surface area (Å²) in [5.41, 5.74) is 0. The smallest absolute Gasteiger partial charge is 0.209 e. The van der Waals surface area contributed by atoms with E-state index in [2.05, 4.69) is 0 Å². The van der Waals surface area contributed by atoms with Gasteiger partial charge in [0.25, 0.3) is 0 Å². The standard InChI is InChI=1S/C9H19NO4S/c1-2-8(7-15(10,11)12)5-14-9-3-4-13-6-9/h8-9H,2-7H2,1H3,(H2,10,11,12). The van der Waals surface area contributed by atoms with Crippen molar-refractivity contribution in [2.45, 2.75) is 25.9 Å². The molecule has 0 saturated carbocycles. The van der Waals surface area contributed by atoms with E-state index in [4.69, 9.17) is 14.6 Å². The minimum absolute atomic E-state index is 0.00290. The SMILES string of the molecule is CCC(COC1CCOC1)CS(N)(=O)=O. The Balaban J connectivity index is 2.27. The van der Waals surface area contributed by atoms with Gasteiger partial charge in [0, 0.05) is 6.61 Å². The summed E-state index contributed by atoms with van der Waals surface area (Å²) in [4.78, 5) is 0. The first-order valence-corrected chi connectivity index (χ1v) is 6.92.